The predicted octanol–water partition coefficient (Wildman–Crippen LogP) is 2.45. The molecule has 2 aliphatic rings. The van der Waals surface area contributed by atoms with Crippen LogP contribution in [0.1, 0.15) is 37.3 Å². The molecule has 2 heterocycles. The van der Waals surface area contributed by atoms with Crippen LogP contribution in [0.2, 0.25) is 0 Å². The van der Waals surface area contributed by atoms with Crippen LogP contribution in [0.25, 0.3) is 10.9 Å². The molecule has 26 heavy (non-hydrogen) atoms. The van der Waals surface area contributed by atoms with E-state index in [4.69, 9.17) is 4.74 Å². The Kier molecular flexibility index (Phi) is 4.32. The van der Waals surface area contributed by atoms with Gasteiger partial charge in [0.25, 0.3) is 0 Å². The molecule has 5 nitrogen and oxygen atoms in total. The lowest BCUT2D eigenvalue weighted by Crippen LogP contribution is -2.50. The van der Waals surface area contributed by atoms with Crippen molar-refractivity contribution in [1.29, 1.82) is 0 Å². The zero-order valence-electron chi connectivity index (χ0n) is 16.0. The van der Waals surface area contributed by atoms with E-state index in [-0.39, 0.29) is 11.9 Å². The largest absolute Gasteiger partial charge is 0.460 e. The van der Waals surface area contributed by atoms with Gasteiger partial charge in [-0.15, -0.1) is 0 Å². The number of esters is 1. The van der Waals surface area contributed by atoms with Crippen LogP contribution in [0.5, 0.6) is 0 Å². The number of piperidine rings is 1. The molecule has 1 fully saturated rings. The fraction of sp³-hybridized carbons (Fsp3) is 0.571. The minimum Gasteiger partial charge on any atom is -0.460 e. The van der Waals surface area contributed by atoms with E-state index in [0.717, 1.165) is 12.8 Å². The molecule has 0 amide bonds. The average Bonchev–Trinajstić information content (AvgIpc) is 2.93. The molecule has 1 aliphatic carbocycles. The number of ether oxygens (including phenoxy) is 1. The van der Waals surface area contributed by atoms with Crippen molar-refractivity contribution in [1.82, 2.24) is 9.47 Å². The maximum atomic E-state index is 12.7. The van der Waals surface area contributed by atoms with Crippen LogP contribution in [0.4, 0.5) is 0 Å². The molecule has 2 aromatic rings. The molecule has 1 aromatic heterocycles. The van der Waals surface area contributed by atoms with Gasteiger partial charge in [0.1, 0.15) is 6.10 Å². The number of rotatable bonds is 3. The maximum absolute atomic E-state index is 12.7. The molecule has 5 atom stereocenters. The first-order valence-corrected chi connectivity index (χ1v) is 9.52. The van der Waals surface area contributed by atoms with Gasteiger partial charge in [0, 0.05) is 42.7 Å². The second-order valence-corrected chi connectivity index (χ2v) is 8.14. The maximum Gasteiger partial charge on any atom is 0.310 e. The zero-order chi connectivity index (χ0) is 18.6. The molecule has 3 unspecified atom stereocenters. The molecular weight excluding hydrogens is 328 g/mol. The van der Waals surface area contributed by atoms with Crippen LogP contribution in [-0.2, 0) is 23.0 Å². The van der Waals surface area contributed by atoms with Gasteiger partial charge < -0.3 is 19.3 Å². The van der Waals surface area contributed by atoms with Gasteiger partial charge in [-0.1, -0.05) is 12.1 Å². The molecule has 0 radical (unpaired) electrons. The monoisotopic (exact) mass is 356 g/mol. The highest BCUT2D eigenvalue weighted by molar-refractivity contribution is 5.89. The quantitative estimate of drug-likeness (QED) is 0.859. The van der Waals surface area contributed by atoms with Gasteiger partial charge in [-0.25, -0.2) is 0 Å². The summed E-state index contributed by atoms with van der Waals surface area (Å²) in [6, 6.07) is 6.95. The van der Waals surface area contributed by atoms with E-state index in [9.17, 15) is 9.90 Å². The lowest BCUT2D eigenvalue weighted by Gasteiger charge is -2.45. The Balaban J connectivity index is 1.65. The summed E-state index contributed by atoms with van der Waals surface area (Å²) in [5.41, 5.74) is 4.04. The number of likely N-dealkylation sites (N-methyl/N-ethyl adjacent to an activating group) is 1. The third-order valence-corrected chi connectivity index (χ3v) is 6.35. The minimum absolute atomic E-state index is 0.150. The Bertz CT molecular complexity index is 841. The standard InChI is InChI=1S/C21H28N2O3/c1-12(24)13(2)26-21(25)15-8-17-16-6-5-7-18-20(16)14(10-22(18)3)9-19(17)23(4)11-15/h5-7,10,12-13,15,17,19,24H,8-9,11H2,1-4H3/t12?,13?,15-,17?,19-/m1/s1. The van der Waals surface area contributed by atoms with E-state index >= 15 is 0 Å². The summed E-state index contributed by atoms with van der Waals surface area (Å²) in [7, 11) is 4.22. The van der Waals surface area contributed by atoms with Crippen LogP contribution >= 0.6 is 0 Å². The number of aliphatic hydroxyl groups is 1. The number of nitrogens with zero attached hydrogens (tertiary/aromatic N) is 2. The van der Waals surface area contributed by atoms with E-state index in [1.165, 1.54) is 22.0 Å². The van der Waals surface area contributed by atoms with Crippen LogP contribution in [0, 0.1) is 5.92 Å². The Morgan fingerprint density at radius 3 is 2.81 bits per heavy atom. The second-order valence-electron chi connectivity index (χ2n) is 8.14. The third-order valence-electron chi connectivity index (χ3n) is 6.35. The van der Waals surface area contributed by atoms with E-state index in [1.54, 1.807) is 13.8 Å². The second kappa shape index (κ2) is 6.39. The number of aliphatic hydroxyl groups excluding tert-OH is 1. The number of benzene rings is 1. The first kappa shape index (κ1) is 17.6. The van der Waals surface area contributed by atoms with Crippen molar-refractivity contribution in [2.75, 3.05) is 13.6 Å². The van der Waals surface area contributed by atoms with Crippen molar-refractivity contribution < 1.29 is 14.6 Å². The van der Waals surface area contributed by atoms with Crippen molar-refractivity contribution >= 4 is 16.9 Å². The van der Waals surface area contributed by atoms with Gasteiger partial charge >= 0.3 is 5.97 Å². The summed E-state index contributed by atoms with van der Waals surface area (Å²) in [6.45, 7) is 4.11. The van der Waals surface area contributed by atoms with Gasteiger partial charge in [0.2, 0.25) is 0 Å². The van der Waals surface area contributed by atoms with Gasteiger partial charge in [0.15, 0.2) is 0 Å². The SMILES string of the molecule is CC(O)C(C)OC(=O)[C@@H]1CC2c3cccc4c3c(cn4C)C[C@H]2N(C)C1. The first-order chi connectivity index (χ1) is 12.4. The molecule has 140 valence electrons. The lowest BCUT2D eigenvalue weighted by atomic mass is 9.72. The Morgan fingerprint density at radius 1 is 1.31 bits per heavy atom. The Hall–Kier alpha value is -1.85. The summed E-state index contributed by atoms with van der Waals surface area (Å²) in [6.07, 6.45) is 2.97. The Morgan fingerprint density at radius 2 is 2.08 bits per heavy atom. The molecule has 0 bridgehead atoms. The lowest BCUT2D eigenvalue weighted by molar-refractivity contribution is -0.160. The fourth-order valence-corrected chi connectivity index (χ4v) is 4.77. The fourth-order valence-electron chi connectivity index (χ4n) is 4.77. The number of hydrogen-bond acceptors (Lipinski definition) is 4. The average molecular weight is 356 g/mol. The van der Waals surface area contributed by atoms with E-state index in [1.807, 2.05) is 0 Å². The summed E-state index contributed by atoms with van der Waals surface area (Å²) in [4.78, 5) is 15.0. The Labute approximate surface area is 154 Å². The molecule has 1 aliphatic heterocycles. The first-order valence-electron chi connectivity index (χ1n) is 9.52. The number of fused-ring (bicyclic) bond motifs is 2. The number of hydrogen-bond donors (Lipinski definition) is 1. The van der Waals surface area contributed by atoms with E-state index < -0.39 is 12.2 Å². The number of carbonyl (C=O) groups excluding carboxylic acids is 1. The van der Waals surface area contributed by atoms with Crippen molar-refractivity contribution in [3.8, 4) is 0 Å². The molecule has 1 aromatic carbocycles. The molecule has 0 saturated carbocycles. The van der Waals surface area contributed by atoms with E-state index in [2.05, 4.69) is 48.0 Å². The number of carbonyl (C=O) groups is 1. The van der Waals surface area contributed by atoms with Crippen LogP contribution in [0.15, 0.2) is 24.4 Å². The van der Waals surface area contributed by atoms with Crippen molar-refractivity contribution in [3.63, 3.8) is 0 Å². The predicted molar refractivity (Wildman–Crippen MR) is 101 cm³/mol. The highest BCUT2D eigenvalue weighted by Crippen LogP contribution is 2.45. The van der Waals surface area contributed by atoms with Gasteiger partial charge in [-0.2, -0.15) is 0 Å². The topological polar surface area (TPSA) is 54.7 Å². The number of aromatic nitrogens is 1. The third kappa shape index (κ3) is 2.74. The molecule has 1 N–H and O–H groups in total. The normalized spacial score (nSPS) is 27.8. The smallest absolute Gasteiger partial charge is 0.310 e. The molecule has 5 heteroatoms. The molecule has 0 spiro atoms. The summed E-state index contributed by atoms with van der Waals surface area (Å²) >= 11 is 0. The number of aryl methyl sites for hydroxylation is 1. The number of likely N-dealkylation sites (tertiary alicyclic amines) is 1. The zero-order valence-corrected chi connectivity index (χ0v) is 16.0. The van der Waals surface area contributed by atoms with Crippen molar-refractivity contribution in [3.05, 3.63) is 35.5 Å². The van der Waals surface area contributed by atoms with Crippen LogP contribution < -0.4 is 0 Å². The summed E-state index contributed by atoms with van der Waals surface area (Å²) in [5, 5.41) is 11.0. The van der Waals surface area contributed by atoms with Gasteiger partial charge in [0.05, 0.1) is 12.0 Å². The summed E-state index contributed by atoms with van der Waals surface area (Å²) in [5.74, 6) is 0.00413. The minimum atomic E-state index is -0.650. The van der Waals surface area contributed by atoms with Crippen LogP contribution in [0.3, 0.4) is 0 Å². The molecule has 4 rings (SSSR count). The molecule has 1 saturated heterocycles. The van der Waals surface area contributed by atoms with Crippen molar-refractivity contribution in [2.24, 2.45) is 13.0 Å². The molecular formula is C21H28N2O3. The van der Waals surface area contributed by atoms with Gasteiger partial charge in [-0.05, 0) is 50.9 Å². The van der Waals surface area contributed by atoms with Crippen molar-refractivity contribution in [2.45, 2.75) is 50.9 Å². The highest BCUT2D eigenvalue weighted by atomic mass is 16.6. The summed E-state index contributed by atoms with van der Waals surface area (Å²) < 4.78 is 7.72. The van der Waals surface area contributed by atoms with Crippen LogP contribution in [-0.4, -0.2) is 52.4 Å². The highest BCUT2D eigenvalue weighted by Gasteiger charge is 2.42. The van der Waals surface area contributed by atoms with Gasteiger partial charge in [-0.3, -0.25) is 4.79 Å². The van der Waals surface area contributed by atoms with E-state index in [0.29, 0.717) is 18.5 Å².